The van der Waals surface area contributed by atoms with Crippen molar-refractivity contribution in [3.8, 4) is 11.5 Å². The maximum atomic E-state index is 12.0. The van der Waals surface area contributed by atoms with Crippen molar-refractivity contribution < 1.29 is 14.3 Å². The summed E-state index contributed by atoms with van der Waals surface area (Å²) in [5.41, 5.74) is 6.13. The zero-order valence-electron chi connectivity index (χ0n) is 19.9. The van der Waals surface area contributed by atoms with Crippen LogP contribution in [0.2, 0.25) is 10.0 Å². The van der Waals surface area contributed by atoms with E-state index < -0.39 is 0 Å². The van der Waals surface area contributed by atoms with E-state index in [1.54, 1.807) is 20.3 Å². The Labute approximate surface area is 210 Å². The summed E-state index contributed by atoms with van der Waals surface area (Å²) in [4.78, 5) is 12.0. The van der Waals surface area contributed by atoms with Crippen molar-refractivity contribution in [3.63, 3.8) is 0 Å². The lowest BCUT2D eigenvalue weighted by atomic mass is 9.81. The van der Waals surface area contributed by atoms with Gasteiger partial charge in [0.15, 0.2) is 0 Å². The average molecular weight is 502 g/mol. The number of nitrogens with one attached hydrogen (secondary N) is 2. The fourth-order valence-corrected chi connectivity index (χ4v) is 4.93. The molecule has 1 atom stereocenters. The summed E-state index contributed by atoms with van der Waals surface area (Å²) in [5.74, 6) is 0.832. The topological polar surface area (TPSA) is 76.2 Å². The Balaban J connectivity index is 2.00. The molecule has 8 heteroatoms. The number of aromatic nitrogens is 2. The lowest BCUT2D eigenvalue weighted by molar-refractivity contribution is -0.115. The number of halogens is 2. The molecule has 2 aromatic rings. The molecule has 0 aliphatic heterocycles. The highest BCUT2D eigenvalue weighted by Gasteiger charge is 2.30. The number of amides is 1. The Morgan fingerprint density at radius 3 is 2.41 bits per heavy atom. The van der Waals surface area contributed by atoms with E-state index in [-0.39, 0.29) is 11.8 Å². The predicted octanol–water partition coefficient (Wildman–Crippen LogP) is 6.17. The number of methoxy groups -OCH3 is 2. The highest BCUT2D eigenvalue weighted by Crippen LogP contribution is 2.47. The number of nitrogens with zero attached hydrogens (tertiary/aromatic N) is 1. The molecule has 1 aromatic heterocycles. The van der Waals surface area contributed by atoms with Crippen LogP contribution in [-0.2, 0) is 17.6 Å². The molecule has 1 aliphatic rings. The summed E-state index contributed by atoms with van der Waals surface area (Å²) >= 11 is 13.3. The van der Waals surface area contributed by atoms with Gasteiger partial charge in [-0.15, -0.1) is 0 Å². The molecule has 1 aliphatic carbocycles. The van der Waals surface area contributed by atoms with E-state index in [2.05, 4.69) is 28.7 Å². The van der Waals surface area contributed by atoms with Crippen LogP contribution in [0.3, 0.4) is 0 Å². The molecule has 3 rings (SSSR count). The first-order valence-corrected chi connectivity index (χ1v) is 11.6. The number of rotatable bonds is 8. The summed E-state index contributed by atoms with van der Waals surface area (Å²) in [7, 11) is 3.14. The number of ether oxygens (including phenoxy) is 2. The van der Waals surface area contributed by atoms with Gasteiger partial charge in [0.25, 0.3) is 0 Å². The predicted molar refractivity (Wildman–Crippen MR) is 138 cm³/mol. The van der Waals surface area contributed by atoms with Gasteiger partial charge in [-0.2, -0.15) is 5.10 Å². The molecular formula is C26H29Cl2N3O3. The average Bonchev–Trinajstić information content (AvgIpc) is 3.24. The van der Waals surface area contributed by atoms with Crippen LogP contribution >= 0.6 is 23.2 Å². The van der Waals surface area contributed by atoms with Crippen LogP contribution in [0.4, 0.5) is 0 Å². The standard InChI is InChI=1S/C26H29Cl2N3O3/c1-7-22(32)29-18(11-8-14(2)3)15(4)26-17-10-9-16(12-19(17)30-31-26)23-24(27)20(33-5)13-21(34-6)25(23)28/h7-8,11,13,16H,1-2,9-10,12H2,3-6H3,(H,29,32)(H,30,31)/b11-8-,18-15-. The van der Waals surface area contributed by atoms with Crippen molar-refractivity contribution in [1.82, 2.24) is 15.5 Å². The molecule has 1 unspecified atom stereocenters. The van der Waals surface area contributed by atoms with E-state index in [1.165, 1.54) is 6.08 Å². The minimum atomic E-state index is -0.290. The van der Waals surface area contributed by atoms with E-state index >= 15 is 0 Å². The fourth-order valence-electron chi connectivity index (χ4n) is 4.12. The maximum absolute atomic E-state index is 12.0. The Bertz CT molecular complexity index is 1170. The van der Waals surface area contributed by atoms with Crippen molar-refractivity contribution >= 4 is 34.7 Å². The summed E-state index contributed by atoms with van der Waals surface area (Å²) in [6.07, 6.45) is 7.18. The minimum Gasteiger partial charge on any atom is -0.495 e. The molecular weight excluding hydrogens is 473 g/mol. The van der Waals surface area contributed by atoms with Gasteiger partial charge < -0.3 is 14.8 Å². The number of allylic oxidation sites excluding steroid dienone is 4. The van der Waals surface area contributed by atoms with Crippen LogP contribution in [0.25, 0.3) is 5.57 Å². The summed E-state index contributed by atoms with van der Waals surface area (Å²) in [6.45, 7) is 11.3. The normalized spacial score (nSPS) is 16.0. The zero-order valence-corrected chi connectivity index (χ0v) is 21.4. The third-order valence-electron chi connectivity index (χ3n) is 5.90. The van der Waals surface area contributed by atoms with E-state index in [4.69, 9.17) is 32.7 Å². The number of aromatic amines is 1. The summed E-state index contributed by atoms with van der Waals surface area (Å²) in [6, 6.07) is 1.70. The minimum absolute atomic E-state index is 0.0670. The summed E-state index contributed by atoms with van der Waals surface area (Å²) in [5, 5.41) is 11.6. The molecule has 0 radical (unpaired) electrons. The van der Waals surface area contributed by atoms with Gasteiger partial charge in [0.2, 0.25) is 5.91 Å². The van der Waals surface area contributed by atoms with E-state index in [0.717, 1.165) is 46.5 Å². The highest BCUT2D eigenvalue weighted by atomic mass is 35.5. The number of hydrogen-bond donors (Lipinski definition) is 2. The van der Waals surface area contributed by atoms with Crippen LogP contribution < -0.4 is 14.8 Å². The second kappa shape index (κ2) is 11.0. The Hall–Kier alpha value is -2.96. The Kier molecular flexibility index (Phi) is 8.28. The third kappa shape index (κ3) is 5.24. The number of hydrogen-bond acceptors (Lipinski definition) is 4. The Morgan fingerprint density at radius 2 is 1.85 bits per heavy atom. The van der Waals surface area contributed by atoms with Gasteiger partial charge in [-0.1, -0.05) is 48.0 Å². The number of benzene rings is 1. The number of H-pyrrole nitrogens is 1. The lowest BCUT2D eigenvalue weighted by Gasteiger charge is -2.26. The molecule has 0 fully saturated rings. The molecule has 1 aromatic carbocycles. The molecule has 0 bridgehead atoms. The van der Waals surface area contributed by atoms with Gasteiger partial charge in [0.1, 0.15) is 11.5 Å². The van der Waals surface area contributed by atoms with Crippen molar-refractivity contribution in [3.05, 3.63) is 81.3 Å². The largest absolute Gasteiger partial charge is 0.495 e. The van der Waals surface area contributed by atoms with Crippen LogP contribution in [-0.4, -0.2) is 30.3 Å². The Morgan fingerprint density at radius 1 is 1.21 bits per heavy atom. The van der Waals surface area contributed by atoms with Gasteiger partial charge in [-0.25, -0.2) is 0 Å². The second-order valence-electron chi connectivity index (χ2n) is 8.20. The van der Waals surface area contributed by atoms with Crippen molar-refractivity contribution in [2.24, 2.45) is 0 Å². The van der Waals surface area contributed by atoms with Crippen LogP contribution in [0.15, 0.2) is 48.7 Å². The van der Waals surface area contributed by atoms with Crippen LogP contribution in [0.1, 0.15) is 48.7 Å². The molecule has 0 saturated carbocycles. The second-order valence-corrected chi connectivity index (χ2v) is 8.96. The fraction of sp³-hybridized carbons (Fsp3) is 0.308. The van der Waals surface area contributed by atoms with E-state index in [9.17, 15) is 4.79 Å². The lowest BCUT2D eigenvalue weighted by Crippen LogP contribution is -2.20. The van der Waals surface area contributed by atoms with E-state index in [1.807, 2.05) is 26.0 Å². The quantitative estimate of drug-likeness (QED) is 0.334. The van der Waals surface area contributed by atoms with Gasteiger partial charge in [-0.05, 0) is 51.2 Å². The zero-order chi connectivity index (χ0) is 25.0. The van der Waals surface area contributed by atoms with Crippen LogP contribution in [0.5, 0.6) is 11.5 Å². The van der Waals surface area contributed by atoms with Crippen molar-refractivity contribution in [2.45, 2.75) is 39.0 Å². The summed E-state index contributed by atoms with van der Waals surface area (Å²) < 4.78 is 10.9. The molecule has 1 heterocycles. The smallest absolute Gasteiger partial charge is 0.247 e. The molecule has 0 spiro atoms. The number of carbonyl (C=O) groups is 1. The first-order valence-electron chi connectivity index (χ1n) is 10.9. The number of carbonyl (C=O) groups excluding carboxylic acids is 1. The van der Waals surface area contributed by atoms with Gasteiger partial charge in [0, 0.05) is 34.2 Å². The molecule has 0 saturated heterocycles. The van der Waals surface area contributed by atoms with E-state index in [0.29, 0.717) is 33.7 Å². The third-order valence-corrected chi connectivity index (χ3v) is 6.68. The molecule has 180 valence electrons. The van der Waals surface area contributed by atoms with Crippen LogP contribution in [0, 0.1) is 0 Å². The molecule has 1 amide bonds. The van der Waals surface area contributed by atoms with Gasteiger partial charge in [0.05, 0.1) is 30.0 Å². The molecule has 6 nitrogen and oxygen atoms in total. The molecule has 2 N–H and O–H groups in total. The maximum Gasteiger partial charge on any atom is 0.247 e. The van der Waals surface area contributed by atoms with Gasteiger partial charge in [-0.3, -0.25) is 9.89 Å². The molecule has 34 heavy (non-hydrogen) atoms. The van der Waals surface area contributed by atoms with Crippen molar-refractivity contribution in [1.29, 1.82) is 0 Å². The first kappa shape index (κ1) is 25.7. The van der Waals surface area contributed by atoms with Crippen molar-refractivity contribution in [2.75, 3.05) is 14.2 Å². The van der Waals surface area contributed by atoms with Gasteiger partial charge >= 0.3 is 0 Å². The first-order chi connectivity index (χ1) is 16.2. The highest BCUT2D eigenvalue weighted by molar-refractivity contribution is 6.38. The monoisotopic (exact) mass is 501 g/mol. The SMILES string of the molecule is C=CC(=O)NC(/C=C\C(=C)C)=C(/C)c1n[nH]c2c1CCC(c1c(Cl)c(OC)cc(OC)c1Cl)C2. The number of fused-ring (bicyclic) bond motifs is 1.